The number of hydrogen-bond donors (Lipinski definition) is 2. The number of fused-ring (bicyclic) bond motifs is 5. The summed E-state index contributed by atoms with van der Waals surface area (Å²) < 4.78 is 18.2. The number of benzene rings is 2. The van der Waals surface area contributed by atoms with Crippen LogP contribution in [0.5, 0.6) is 0 Å². The fourth-order valence-corrected chi connectivity index (χ4v) is 6.12. The standard InChI is InChI=1S/C38H53N5O7/c1-26(2)36(47)37(3,4)19-21-50-38(5,6)18-20-39-31(44)16-17-32(45)42-24-27-12-8-9-13-28(27)35-34(29-14-10-11-15-30(29)42)40-41-43(35)33(46)25-49-23-22-48-7/h8-15,26,33,46H,16-25H2,1-7H3,(H,39,44). The molecule has 0 bridgehead atoms. The molecule has 50 heavy (non-hydrogen) atoms. The number of nitrogens with zero attached hydrogens (tertiary/aromatic N) is 4. The van der Waals surface area contributed by atoms with Gasteiger partial charge in [0.15, 0.2) is 6.23 Å². The topological polar surface area (TPSA) is 145 Å². The van der Waals surface area contributed by atoms with Crippen molar-refractivity contribution >= 4 is 23.3 Å². The van der Waals surface area contributed by atoms with E-state index in [0.29, 0.717) is 61.8 Å². The Morgan fingerprint density at radius 1 is 0.940 bits per heavy atom. The van der Waals surface area contributed by atoms with E-state index in [-0.39, 0.29) is 49.5 Å². The van der Waals surface area contributed by atoms with Gasteiger partial charge in [-0.25, -0.2) is 4.68 Å². The van der Waals surface area contributed by atoms with E-state index >= 15 is 0 Å². The number of para-hydroxylation sites is 1. The Kier molecular flexibility index (Phi) is 13.4. The highest BCUT2D eigenvalue weighted by Gasteiger charge is 2.32. The molecule has 0 aliphatic carbocycles. The summed E-state index contributed by atoms with van der Waals surface area (Å²) in [7, 11) is 1.58. The molecule has 1 unspecified atom stereocenters. The summed E-state index contributed by atoms with van der Waals surface area (Å²) in [5.41, 5.74) is 3.17. The average molecular weight is 692 g/mol. The van der Waals surface area contributed by atoms with Gasteiger partial charge in [-0.3, -0.25) is 14.4 Å². The number of anilines is 1. The minimum atomic E-state index is -1.09. The first-order valence-electron chi connectivity index (χ1n) is 17.4. The average Bonchev–Trinajstić information content (AvgIpc) is 3.51. The Morgan fingerprint density at radius 3 is 2.36 bits per heavy atom. The van der Waals surface area contributed by atoms with Crippen molar-refractivity contribution in [3.05, 3.63) is 54.1 Å². The van der Waals surface area contributed by atoms with Crippen LogP contribution in [-0.4, -0.2) is 83.4 Å². The molecule has 272 valence electrons. The van der Waals surface area contributed by atoms with Gasteiger partial charge < -0.3 is 29.5 Å². The highest BCUT2D eigenvalue weighted by Crippen LogP contribution is 2.41. The lowest BCUT2D eigenvalue weighted by Gasteiger charge is -2.30. The molecule has 0 saturated carbocycles. The minimum absolute atomic E-state index is 0.000873. The van der Waals surface area contributed by atoms with Crippen LogP contribution >= 0.6 is 0 Å². The lowest BCUT2D eigenvalue weighted by atomic mass is 9.80. The summed E-state index contributed by atoms with van der Waals surface area (Å²) in [6, 6.07) is 15.1. The zero-order valence-electron chi connectivity index (χ0n) is 30.5. The number of Topliss-reactive ketones (excluding diaryl/α,β-unsaturated/α-hetero) is 1. The first kappa shape index (κ1) is 38.8. The number of methoxy groups -OCH3 is 1. The zero-order chi connectivity index (χ0) is 36.5. The van der Waals surface area contributed by atoms with Crippen molar-refractivity contribution in [3.63, 3.8) is 0 Å². The van der Waals surface area contributed by atoms with Crippen molar-refractivity contribution in [1.29, 1.82) is 0 Å². The summed E-state index contributed by atoms with van der Waals surface area (Å²) in [5.74, 6) is -0.225. The highest BCUT2D eigenvalue weighted by molar-refractivity contribution is 6.01. The second-order valence-electron chi connectivity index (χ2n) is 14.3. The predicted molar refractivity (Wildman–Crippen MR) is 191 cm³/mol. The van der Waals surface area contributed by atoms with Crippen molar-refractivity contribution in [3.8, 4) is 22.5 Å². The number of rotatable bonds is 18. The van der Waals surface area contributed by atoms with Crippen LogP contribution in [-0.2, 0) is 35.1 Å². The van der Waals surface area contributed by atoms with E-state index in [1.807, 2.05) is 90.1 Å². The van der Waals surface area contributed by atoms with Gasteiger partial charge in [0.05, 0.1) is 37.7 Å². The number of aliphatic hydroxyl groups is 1. The maximum atomic E-state index is 13.9. The number of aromatic nitrogens is 3. The molecule has 1 aromatic heterocycles. The van der Waals surface area contributed by atoms with Crippen molar-refractivity contribution in [2.75, 3.05) is 45.0 Å². The first-order chi connectivity index (χ1) is 23.8. The largest absolute Gasteiger partial charge is 0.382 e. The van der Waals surface area contributed by atoms with Crippen LogP contribution in [0.4, 0.5) is 5.69 Å². The Balaban J connectivity index is 1.41. The predicted octanol–water partition coefficient (Wildman–Crippen LogP) is 5.34. The lowest BCUT2D eigenvalue weighted by Crippen LogP contribution is -2.36. The number of amides is 2. The summed E-state index contributed by atoms with van der Waals surface area (Å²) in [4.78, 5) is 40.9. The van der Waals surface area contributed by atoms with Crippen LogP contribution in [0.15, 0.2) is 48.5 Å². The van der Waals surface area contributed by atoms with Gasteiger partial charge in [-0.2, -0.15) is 0 Å². The molecular formula is C38H53N5O7. The van der Waals surface area contributed by atoms with Crippen LogP contribution in [0, 0.1) is 11.3 Å². The number of carbonyl (C=O) groups excluding carboxylic acids is 3. The van der Waals surface area contributed by atoms with E-state index < -0.39 is 17.2 Å². The molecule has 0 spiro atoms. The molecule has 12 heteroatoms. The van der Waals surface area contributed by atoms with Gasteiger partial charge in [0.25, 0.3) is 0 Å². The second-order valence-corrected chi connectivity index (χ2v) is 14.3. The quantitative estimate of drug-likeness (QED) is 0.169. The summed E-state index contributed by atoms with van der Waals surface area (Å²) in [6.07, 6.45) is 0.154. The third kappa shape index (κ3) is 9.84. The Labute approximate surface area is 295 Å². The van der Waals surface area contributed by atoms with Gasteiger partial charge >= 0.3 is 0 Å². The summed E-state index contributed by atoms with van der Waals surface area (Å²) >= 11 is 0. The fraction of sp³-hybridized carbons (Fsp3) is 0.553. The van der Waals surface area contributed by atoms with E-state index in [2.05, 4.69) is 15.6 Å². The molecule has 0 saturated heterocycles. The Bertz CT molecular complexity index is 1620. The van der Waals surface area contributed by atoms with Crippen molar-refractivity contribution < 1.29 is 33.7 Å². The minimum Gasteiger partial charge on any atom is -0.382 e. The van der Waals surface area contributed by atoms with Gasteiger partial charge in [0.1, 0.15) is 17.2 Å². The first-order valence-corrected chi connectivity index (χ1v) is 17.4. The van der Waals surface area contributed by atoms with Gasteiger partial charge in [-0.15, -0.1) is 5.10 Å². The number of ether oxygens (including phenoxy) is 3. The monoisotopic (exact) mass is 691 g/mol. The molecule has 3 aromatic rings. The molecule has 4 rings (SSSR count). The molecule has 0 radical (unpaired) electrons. The smallest absolute Gasteiger partial charge is 0.227 e. The van der Waals surface area contributed by atoms with E-state index in [9.17, 15) is 19.5 Å². The van der Waals surface area contributed by atoms with E-state index in [1.165, 1.54) is 4.68 Å². The maximum Gasteiger partial charge on any atom is 0.227 e. The summed E-state index contributed by atoms with van der Waals surface area (Å²) in [6.45, 7) is 13.5. The fourth-order valence-electron chi connectivity index (χ4n) is 6.12. The van der Waals surface area contributed by atoms with Gasteiger partial charge in [0.2, 0.25) is 11.8 Å². The lowest BCUT2D eigenvalue weighted by molar-refractivity contribution is -0.132. The molecule has 12 nitrogen and oxygen atoms in total. The van der Waals surface area contributed by atoms with Crippen LogP contribution in [0.3, 0.4) is 0 Å². The number of nitrogens with one attached hydrogen (secondary N) is 1. The van der Waals surface area contributed by atoms with Crippen LogP contribution in [0.1, 0.15) is 79.0 Å². The number of hydrogen-bond acceptors (Lipinski definition) is 9. The van der Waals surface area contributed by atoms with E-state index in [4.69, 9.17) is 14.2 Å². The molecule has 2 amide bonds. The van der Waals surface area contributed by atoms with Gasteiger partial charge in [-0.1, -0.05) is 75.4 Å². The van der Waals surface area contributed by atoms with Crippen molar-refractivity contribution in [2.24, 2.45) is 11.3 Å². The van der Waals surface area contributed by atoms with E-state index in [0.717, 1.165) is 11.1 Å². The SMILES string of the molecule is COCCOCC(O)n1nnc2c1-c1ccccc1CN(C(=O)CCC(=O)NCCC(C)(C)OCCC(C)(C)C(=O)C(C)C)c1ccccc1-2. The Hall–Kier alpha value is -3.97. The zero-order valence-corrected chi connectivity index (χ0v) is 30.5. The van der Waals surface area contributed by atoms with Crippen molar-refractivity contribution in [2.45, 2.75) is 85.6 Å². The van der Waals surface area contributed by atoms with Crippen molar-refractivity contribution in [1.82, 2.24) is 20.3 Å². The number of aliphatic hydroxyl groups excluding tert-OH is 1. The molecule has 0 fully saturated rings. The normalized spacial score (nSPS) is 13.6. The summed E-state index contributed by atoms with van der Waals surface area (Å²) in [5, 5.41) is 22.8. The molecule has 2 N–H and O–H groups in total. The second kappa shape index (κ2) is 17.3. The Morgan fingerprint density at radius 2 is 1.64 bits per heavy atom. The molecule has 1 aliphatic rings. The molecule has 2 aromatic carbocycles. The number of carbonyl (C=O) groups is 3. The number of ketones is 1. The van der Waals surface area contributed by atoms with Gasteiger partial charge in [0, 0.05) is 55.6 Å². The molecule has 1 aliphatic heterocycles. The third-order valence-electron chi connectivity index (χ3n) is 9.05. The molecule has 2 heterocycles. The highest BCUT2D eigenvalue weighted by atomic mass is 16.5. The van der Waals surface area contributed by atoms with Crippen LogP contribution < -0.4 is 10.2 Å². The van der Waals surface area contributed by atoms with Gasteiger partial charge in [-0.05, 0) is 38.3 Å². The molecule has 1 atom stereocenters. The maximum absolute atomic E-state index is 13.9. The van der Waals surface area contributed by atoms with E-state index in [1.54, 1.807) is 12.0 Å². The third-order valence-corrected chi connectivity index (χ3v) is 9.05. The van der Waals surface area contributed by atoms with Crippen LogP contribution in [0.25, 0.3) is 22.5 Å². The molecular weight excluding hydrogens is 638 g/mol. The van der Waals surface area contributed by atoms with Crippen LogP contribution in [0.2, 0.25) is 0 Å².